The molecule has 0 amide bonds. The van der Waals surface area contributed by atoms with Crippen LogP contribution in [0.25, 0.3) is 23.3 Å². The Labute approximate surface area is 265 Å². The second-order valence-corrected chi connectivity index (χ2v) is 8.98. The second-order valence-electron chi connectivity index (χ2n) is 8.98. The van der Waals surface area contributed by atoms with Crippen LogP contribution in [0.3, 0.4) is 0 Å². The summed E-state index contributed by atoms with van der Waals surface area (Å²) in [4.78, 5) is 47.1. The van der Waals surface area contributed by atoms with Gasteiger partial charge in [-0.2, -0.15) is 0 Å². The molecular formula is C37H27FO8. The second kappa shape index (κ2) is 16.4. The average Bonchev–Trinajstić information content (AvgIpc) is 3.07. The van der Waals surface area contributed by atoms with E-state index < -0.39 is 35.4 Å². The van der Waals surface area contributed by atoms with Gasteiger partial charge in [0.2, 0.25) is 0 Å². The molecule has 8 nitrogen and oxygen atoms in total. The van der Waals surface area contributed by atoms with Gasteiger partial charge in [-0.15, -0.1) is 0 Å². The Bertz CT molecular complexity index is 1830. The van der Waals surface area contributed by atoms with Crippen LogP contribution in [0.1, 0.15) is 27.8 Å². The van der Waals surface area contributed by atoms with E-state index in [0.717, 1.165) is 24.3 Å². The van der Waals surface area contributed by atoms with Gasteiger partial charge in [-0.05, 0) is 47.9 Å². The maximum atomic E-state index is 16.3. The highest BCUT2D eigenvalue weighted by molar-refractivity contribution is 5.90. The van der Waals surface area contributed by atoms with Crippen LogP contribution in [0.15, 0.2) is 112 Å². The number of esters is 4. The van der Waals surface area contributed by atoms with Gasteiger partial charge < -0.3 is 18.9 Å². The van der Waals surface area contributed by atoms with Crippen molar-refractivity contribution in [2.75, 3.05) is 0 Å². The highest BCUT2D eigenvalue weighted by atomic mass is 19.1. The van der Waals surface area contributed by atoms with Crippen LogP contribution in [0, 0.1) is 24.6 Å². The van der Waals surface area contributed by atoms with Gasteiger partial charge in [0.1, 0.15) is 5.56 Å². The highest BCUT2D eigenvalue weighted by Gasteiger charge is 2.27. The maximum absolute atomic E-state index is 16.3. The molecule has 0 aliphatic carbocycles. The standard InChI is InChI=1S/C37H27FO8/c1-6-30(39)43-22-20-26-12-10-25(11-13-26)16-19-29-35(38)37(46-33(42)9-4)34(24(5)36(29)45-32(41)8-3)28-17-14-27(15-18-28)21-23-44-31(40)7-2/h6-15,17-18,20-23H,1-4H2,5H3. The maximum Gasteiger partial charge on any atom is 0.335 e. The van der Waals surface area contributed by atoms with Crippen molar-refractivity contribution in [3.8, 4) is 34.5 Å². The van der Waals surface area contributed by atoms with Crippen LogP contribution in [-0.2, 0) is 28.7 Å². The minimum absolute atomic E-state index is 0.118. The largest absolute Gasteiger partial charge is 0.431 e. The number of hydrogen-bond donors (Lipinski definition) is 0. The number of hydrogen-bond acceptors (Lipinski definition) is 8. The third-order valence-corrected chi connectivity index (χ3v) is 5.99. The van der Waals surface area contributed by atoms with Crippen LogP contribution < -0.4 is 9.47 Å². The summed E-state index contributed by atoms with van der Waals surface area (Å²) in [6.07, 6.45) is 9.31. The average molecular weight is 619 g/mol. The molecule has 0 saturated heterocycles. The van der Waals surface area contributed by atoms with Gasteiger partial charge in [-0.1, -0.05) is 74.6 Å². The number of rotatable bonds is 11. The summed E-state index contributed by atoms with van der Waals surface area (Å²) >= 11 is 0. The van der Waals surface area contributed by atoms with E-state index in [-0.39, 0.29) is 22.4 Å². The fraction of sp³-hybridized carbons (Fsp3) is 0.0270. The van der Waals surface area contributed by atoms with E-state index in [0.29, 0.717) is 22.3 Å². The summed E-state index contributed by atoms with van der Waals surface area (Å²) in [5.41, 5.74) is 2.20. The fourth-order valence-corrected chi connectivity index (χ4v) is 3.79. The molecule has 230 valence electrons. The van der Waals surface area contributed by atoms with Crippen LogP contribution in [0.4, 0.5) is 4.39 Å². The number of carbonyl (C=O) groups excluding carboxylic acids is 4. The first-order chi connectivity index (χ1) is 22.1. The molecular weight excluding hydrogens is 591 g/mol. The van der Waals surface area contributed by atoms with Crippen molar-refractivity contribution in [1.82, 2.24) is 0 Å². The van der Waals surface area contributed by atoms with E-state index in [9.17, 15) is 19.2 Å². The van der Waals surface area contributed by atoms with Crippen LogP contribution in [-0.4, -0.2) is 23.9 Å². The zero-order chi connectivity index (χ0) is 33.6. The molecule has 46 heavy (non-hydrogen) atoms. The number of benzene rings is 3. The monoisotopic (exact) mass is 618 g/mol. The minimum Gasteiger partial charge on any atom is -0.431 e. The fourth-order valence-electron chi connectivity index (χ4n) is 3.79. The molecule has 0 heterocycles. The molecule has 0 unspecified atom stereocenters. The normalized spacial score (nSPS) is 10.3. The van der Waals surface area contributed by atoms with Gasteiger partial charge >= 0.3 is 23.9 Å². The first kappa shape index (κ1) is 34.0. The summed E-state index contributed by atoms with van der Waals surface area (Å²) in [7, 11) is 0. The Kier molecular flexibility index (Phi) is 12.1. The molecule has 9 heteroatoms. The molecule has 0 aliphatic rings. The van der Waals surface area contributed by atoms with Gasteiger partial charge in [0.05, 0.1) is 12.5 Å². The van der Waals surface area contributed by atoms with Crippen molar-refractivity contribution in [2.45, 2.75) is 6.92 Å². The summed E-state index contributed by atoms with van der Waals surface area (Å²) in [6, 6.07) is 13.2. The quantitative estimate of drug-likeness (QED) is 0.0761. The zero-order valence-electron chi connectivity index (χ0n) is 24.7. The van der Waals surface area contributed by atoms with Gasteiger partial charge in [0, 0.05) is 41.0 Å². The lowest BCUT2D eigenvalue weighted by molar-refractivity contribution is -0.133. The topological polar surface area (TPSA) is 105 Å². The molecule has 0 atom stereocenters. The number of halogens is 1. The number of ether oxygens (including phenoxy) is 4. The third-order valence-electron chi connectivity index (χ3n) is 5.99. The Morgan fingerprint density at radius 1 is 0.652 bits per heavy atom. The summed E-state index contributed by atoms with van der Waals surface area (Å²) in [5, 5.41) is 0. The molecule has 0 saturated carbocycles. The van der Waals surface area contributed by atoms with Crippen LogP contribution in [0.5, 0.6) is 11.5 Å². The Morgan fingerprint density at radius 3 is 1.59 bits per heavy atom. The van der Waals surface area contributed by atoms with E-state index >= 15 is 4.39 Å². The molecule has 3 aromatic rings. The van der Waals surface area contributed by atoms with Crippen molar-refractivity contribution in [3.05, 3.63) is 145 Å². The summed E-state index contributed by atoms with van der Waals surface area (Å²) in [6.45, 7) is 15.0. The predicted molar refractivity (Wildman–Crippen MR) is 171 cm³/mol. The Morgan fingerprint density at radius 2 is 1.11 bits per heavy atom. The van der Waals surface area contributed by atoms with Crippen LogP contribution in [0.2, 0.25) is 0 Å². The lowest BCUT2D eigenvalue weighted by Gasteiger charge is -2.19. The molecule has 0 spiro atoms. The van der Waals surface area contributed by atoms with E-state index in [1.165, 1.54) is 18.6 Å². The number of carbonyl (C=O) groups is 4. The van der Waals surface area contributed by atoms with Gasteiger partial charge in [-0.3, -0.25) is 0 Å². The SMILES string of the molecule is C=CC(=O)OC=Cc1ccc(C#Cc2c(F)c(OC(=O)C=C)c(-c3ccc(C=COC(=O)C=C)cc3)c(C)c2OC(=O)C=C)cc1. The van der Waals surface area contributed by atoms with E-state index in [2.05, 4.69) is 38.2 Å². The van der Waals surface area contributed by atoms with Crippen molar-refractivity contribution >= 4 is 36.0 Å². The lowest BCUT2D eigenvalue weighted by Crippen LogP contribution is -2.12. The van der Waals surface area contributed by atoms with Crippen LogP contribution >= 0.6 is 0 Å². The summed E-state index contributed by atoms with van der Waals surface area (Å²) in [5.74, 6) is 0.780. The lowest BCUT2D eigenvalue weighted by atomic mass is 9.94. The zero-order valence-corrected chi connectivity index (χ0v) is 24.7. The van der Waals surface area contributed by atoms with E-state index in [1.807, 2.05) is 0 Å². The molecule has 0 radical (unpaired) electrons. The van der Waals surface area contributed by atoms with Gasteiger partial charge in [0.25, 0.3) is 0 Å². The molecule has 0 fully saturated rings. The minimum atomic E-state index is -1.06. The van der Waals surface area contributed by atoms with Gasteiger partial charge in [0.15, 0.2) is 17.3 Å². The smallest absolute Gasteiger partial charge is 0.335 e. The molecule has 0 aromatic heterocycles. The summed E-state index contributed by atoms with van der Waals surface area (Å²) < 4.78 is 36.8. The molecule has 0 aliphatic heterocycles. The van der Waals surface area contributed by atoms with Crippen molar-refractivity contribution in [3.63, 3.8) is 0 Å². The Hall–Kier alpha value is -6.53. The first-order valence-corrected chi connectivity index (χ1v) is 13.4. The molecule has 0 bridgehead atoms. The van der Waals surface area contributed by atoms with Crippen molar-refractivity contribution in [2.24, 2.45) is 0 Å². The first-order valence-electron chi connectivity index (χ1n) is 13.4. The van der Waals surface area contributed by atoms with E-state index in [1.54, 1.807) is 61.5 Å². The van der Waals surface area contributed by atoms with Gasteiger partial charge in [-0.25, -0.2) is 23.6 Å². The van der Waals surface area contributed by atoms with E-state index in [4.69, 9.17) is 18.9 Å². The molecule has 0 N–H and O–H groups in total. The highest BCUT2D eigenvalue weighted by Crippen LogP contribution is 2.43. The third kappa shape index (κ3) is 8.99. The molecule has 3 rings (SSSR count). The predicted octanol–water partition coefficient (Wildman–Crippen LogP) is 6.78. The Balaban J connectivity index is 2.14. The van der Waals surface area contributed by atoms with Crippen molar-refractivity contribution in [1.29, 1.82) is 0 Å². The molecule has 3 aromatic carbocycles. The van der Waals surface area contributed by atoms with Crippen molar-refractivity contribution < 1.29 is 42.5 Å².